The predicted octanol–water partition coefficient (Wildman–Crippen LogP) is 3.99. The molecule has 0 aliphatic rings. The summed E-state index contributed by atoms with van der Waals surface area (Å²) in [6.45, 7) is 3.99. The Labute approximate surface area is 175 Å². The summed E-state index contributed by atoms with van der Waals surface area (Å²) in [4.78, 5) is 24.6. The Hall–Kier alpha value is -3.85. The number of aromatic nitrogens is 1. The maximum Gasteiger partial charge on any atom is 0.325 e. The van der Waals surface area contributed by atoms with E-state index in [9.17, 15) is 14.9 Å². The molecular weight excluding hydrogens is 378 g/mol. The van der Waals surface area contributed by atoms with Crippen LogP contribution in [-0.4, -0.2) is 23.1 Å². The number of nitriles is 1. The minimum Gasteiger partial charge on any atom is -0.465 e. The minimum absolute atomic E-state index is 0.00295. The van der Waals surface area contributed by atoms with Crippen LogP contribution in [0.2, 0.25) is 0 Å². The van der Waals surface area contributed by atoms with Crippen molar-refractivity contribution in [2.45, 2.75) is 26.4 Å². The number of benzene rings is 2. The number of nitrogens with one attached hydrogen (secondary N) is 1. The zero-order valence-electron chi connectivity index (χ0n) is 17.0. The summed E-state index contributed by atoms with van der Waals surface area (Å²) in [5, 5.41) is 13.3. The summed E-state index contributed by atoms with van der Waals surface area (Å²) in [5.74, 6) is -0.792. The predicted molar refractivity (Wildman–Crippen MR) is 115 cm³/mol. The number of fused-ring (bicyclic) bond motifs is 1. The van der Waals surface area contributed by atoms with E-state index in [0.29, 0.717) is 12.2 Å². The lowest BCUT2D eigenvalue weighted by molar-refractivity contribution is -0.143. The molecule has 6 nitrogen and oxygen atoms in total. The van der Waals surface area contributed by atoms with Crippen LogP contribution in [0.5, 0.6) is 0 Å². The molecule has 0 unspecified atom stereocenters. The molecule has 1 aromatic heterocycles. The first kappa shape index (κ1) is 20.9. The maximum absolute atomic E-state index is 12.7. The number of ether oxygens (including phenoxy) is 1. The smallest absolute Gasteiger partial charge is 0.325 e. The number of esters is 1. The van der Waals surface area contributed by atoms with E-state index >= 15 is 0 Å². The quantitative estimate of drug-likeness (QED) is 0.369. The van der Waals surface area contributed by atoms with Gasteiger partial charge in [-0.1, -0.05) is 48.5 Å². The van der Waals surface area contributed by atoms with Gasteiger partial charge in [-0.2, -0.15) is 5.26 Å². The number of para-hydroxylation sites is 1. The van der Waals surface area contributed by atoms with Gasteiger partial charge in [-0.05, 0) is 31.6 Å². The molecule has 0 saturated carbocycles. The SMILES string of the molecule is CCOC(=O)Cn1cc(/C=C(/C#N)C(=O)N[C@@H](C)c2ccccc2)c2ccccc21. The first-order valence-corrected chi connectivity index (χ1v) is 9.74. The van der Waals surface area contributed by atoms with Gasteiger partial charge >= 0.3 is 5.97 Å². The van der Waals surface area contributed by atoms with E-state index in [1.807, 2.05) is 67.6 Å². The third-order valence-electron chi connectivity index (χ3n) is 4.74. The molecule has 0 spiro atoms. The summed E-state index contributed by atoms with van der Waals surface area (Å²) in [6, 6.07) is 18.8. The van der Waals surface area contributed by atoms with Crippen LogP contribution in [0.3, 0.4) is 0 Å². The van der Waals surface area contributed by atoms with Crippen molar-refractivity contribution < 1.29 is 14.3 Å². The van der Waals surface area contributed by atoms with Crippen molar-refractivity contribution in [3.63, 3.8) is 0 Å². The van der Waals surface area contributed by atoms with Gasteiger partial charge in [0.25, 0.3) is 5.91 Å². The van der Waals surface area contributed by atoms with Gasteiger partial charge in [-0.25, -0.2) is 0 Å². The minimum atomic E-state index is -0.448. The molecule has 0 radical (unpaired) electrons. The van der Waals surface area contributed by atoms with Gasteiger partial charge in [-0.15, -0.1) is 0 Å². The fraction of sp³-hybridized carbons (Fsp3) is 0.208. The lowest BCUT2D eigenvalue weighted by Crippen LogP contribution is -2.27. The number of rotatable bonds is 7. The zero-order valence-corrected chi connectivity index (χ0v) is 17.0. The molecule has 30 heavy (non-hydrogen) atoms. The molecule has 1 amide bonds. The van der Waals surface area contributed by atoms with Crippen LogP contribution in [0, 0.1) is 11.3 Å². The van der Waals surface area contributed by atoms with Crippen molar-refractivity contribution in [1.29, 1.82) is 5.26 Å². The number of carbonyl (C=O) groups is 2. The van der Waals surface area contributed by atoms with Crippen LogP contribution in [0.4, 0.5) is 0 Å². The summed E-state index contributed by atoms with van der Waals surface area (Å²) >= 11 is 0. The largest absolute Gasteiger partial charge is 0.465 e. The van der Waals surface area contributed by atoms with E-state index in [1.54, 1.807) is 23.8 Å². The van der Waals surface area contributed by atoms with Crippen molar-refractivity contribution >= 4 is 28.9 Å². The van der Waals surface area contributed by atoms with Crippen molar-refractivity contribution in [3.8, 4) is 6.07 Å². The lowest BCUT2D eigenvalue weighted by Gasteiger charge is -2.13. The number of carbonyl (C=O) groups excluding carboxylic acids is 2. The molecule has 1 heterocycles. The van der Waals surface area contributed by atoms with E-state index in [0.717, 1.165) is 16.5 Å². The average Bonchev–Trinajstić information content (AvgIpc) is 3.09. The highest BCUT2D eigenvalue weighted by molar-refractivity contribution is 6.04. The van der Waals surface area contributed by atoms with E-state index in [2.05, 4.69) is 5.32 Å². The third-order valence-corrected chi connectivity index (χ3v) is 4.74. The standard InChI is InChI=1S/C24H23N3O3/c1-3-30-23(28)16-27-15-20(21-11-7-8-12-22(21)27)13-19(14-25)24(29)26-17(2)18-9-5-4-6-10-18/h4-13,15,17H,3,16H2,1-2H3,(H,26,29)/b19-13-/t17-/m0/s1. The molecule has 0 saturated heterocycles. The van der Waals surface area contributed by atoms with E-state index < -0.39 is 5.91 Å². The highest BCUT2D eigenvalue weighted by Crippen LogP contribution is 2.24. The molecule has 1 atom stereocenters. The average molecular weight is 401 g/mol. The number of amides is 1. The van der Waals surface area contributed by atoms with Crippen molar-refractivity contribution in [1.82, 2.24) is 9.88 Å². The van der Waals surface area contributed by atoms with E-state index in [1.165, 1.54) is 0 Å². The van der Waals surface area contributed by atoms with Crippen LogP contribution in [0.1, 0.15) is 31.0 Å². The third kappa shape index (κ3) is 4.76. The zero-order chi connectivity index (χ0) is 21.5. The monoisotopic (exact) mass is 401 g/mol. The van der Waals surface area contributed by atoms with Gasteiger partial charge in [0.1, 0.15) is 18.2 Å². The van der Waals surface area contributed by atoms with Gasteiger partial charge in [0.15, 0.2) is 0 Å². The van der Waals surface area contributed by atoms with Crippen LogP contribution in [-0.2, 0) is 20.9 Å². The van der Waals surface area contributed by atoms with Crippen molar-refractivity contribution in [3.05, 3.63) is 77.5 Å². The van der Waals surface area contributed by atoms with Gasteiger partial charge in [0.05, 0.1) is 12.6 Å². The molecule has 0 aliphatic carbocycles. The molecule has 0 bridgehead atoms. The number of nitrogens with zero attached hydrogens (tertiary/aromatic N) is 2. The van der Waals surface area contributed by atoms with Crippen LogP contribution in [0.25, 0.3) is 17.0 Å². The Balaban J connectivity index is 1.89. The van der Waals surface area contributed by atoms with E-state index in [-0.39, 0.29) is 24.1 Å². The summed E-state index contributed by atoms with van der Waals surface area (Å²) in [7, 11) is 0. The second kappa shape index (κ2) is 9.57. The molecule has 3 rings (SSSR count). The topological polar surface area (TPSA) is 84.1 Å². The molecule has 6 heteroatoms. The normalized spacial score (nSPS) is 12.2. The fourth-order valence-electron chi connectivity index (χ4n) is 3.27. The van der Waals surface area contributed by atoms with Gasteiger partial charge < -0.3 is 14.6 Å². The second-order valence-corrected chi connectivity index (χ2v) is 6.81. The van der Waals surface area contributed by atoms with Crippen LogP contribution < -0.4 is 5.32 Å². The summed E-state index contributed by atoms with van der Waals surface area (Å²) in [5.41, 5.74) is 2.46. The molecule has 2 aromatic carbocycles. The Morgan fingerprint density at radius 1 is 1.17 bits per heavy atom. The Kier molecular flexibility index (Phi) is 6.66. The molecule has 3 aromatic rings. The molecular formula is C24H23N3O3. The molecule has 0 aliphatic heterocycles. The number of hydrogen-bond donors (Lipinski definition) is 1. The Morgan fingerprint density at radius 2 is 1.87 bits per heavy atom. The van der Waals surface area contributed by atoms with Crippen molar-refractivity contribution in [2.75, 3.05) is 6.61 Å². The molecule has 152 valence electrons. The van der Waals surface area contributed by atoms with Gasteiger partial charge in [0, 0.05) is 22.7 Å². The first-order chi connectivity index (χ1) is 14.5. The summed E-state index contributed by atoms with van der Waals surface area (Å²) < 4.78 is 6.80. The Morgan fingerprint density at radius 3 is 2.57 bits per heavy atom. The van der Waals surface area contributed by atoms with Gasteiger partial charge in [0.2, 0.25) is 0 Å². The second-order valence-electron chi connectivity index (χ2n) is 6.81. The fourth-order valence-corrected chi connectivity index (χ4v) is 3.27. The Bertz CT molecular complexity index is 1120. The highest BCUT2D eigenvalue weighted by Gasteiger charge is 2.16. The molecule has 1 N–H and O–H groups in total. The van der Waals surface area contributed by atoms with E-state index in [4.69, 9.17) is 4.74 Å². The number of hydrogen-bond acceptors (Lipinski definition) is 4. The van der Waals surface area contributed by atoms with Crippen LogP contribution >= 0.6 is 0 Å². The first-order valence-electron chi connectivity index (χ1n) is 9.74. The maximum atomic E-state index is 12.7. The van der Waals surface area contributed by atoms with Crippen molar-refractivity contribution in [2.24, 2.45) is 0 Å². The lowest BCUT2D eigenvalue weighted by atomic mass is 10.1. The summed E-state index contributed by atoms with van der Waals surface area (Å²) in [6.07, 6.45) is 3.31. The highest BCUT2D eigenvalue weighted by atomic mass is 16.5. The molecule has 0 fully saturated rings. The van der Waals surface area contributed by atoms with Crippen LogP contribution in [0.15, 0.2) is 66.4 Å². The van der Waals surface area contributed by atoms with Gasteiger partial charge in [-0.3, -0.25) is 9.59 Å².